The number of hydrogen-bond donors (Lipinski definition) is 3. The molecule has 9 heavy (non-hydrogen) atoms. The number of rotatable bonds is 5. The molecule has 0 heterocycles. The number of nitrogens with two attached hydrogens (primary N) is 1. The molecule has 0 fully saturated rings. The molecule has 0 aliphatic carbocycles. The van der Waals surface area contributed by atoms with Gasteiger partial charge in [0.1, 0.15) is 0 Å². The summed E-state index contributed by atoms with van der Waals surface area (Å²) < 4.78 is 0. The number of amides is 1. The molecule has 5 nitrogen and oxygen atoms in total. The Morgan fingerprint density at radius 2 is 2.44 bits per heavy atom. The summed E-state index contributed by atoms with van der Waals surface area (Å²) in [4.78, 5) is 9.66. The fourth-order valence-corrected chi connectivity index (χ4v) is 0.366. The third-order valence-electron chi connectivity index (χ3n) is 0.718. The maximum absolute atomic E-state index is 9.66. The first-order chi connectivity index (χ1) is 4.35. The van der Waals surface area contributed by atoms with Gasteiger partial charge in [0.25, 0.3) is 0 Å². The van der Waals surface area contributed by atoms with Gasteiger partial charge in [0, 0.05) is 6.54 Å². The summed E-state index contributed by atoms with van der Waals surface area (Å²) in [6.45, 7) is 4.10. The highest BCUT2D eigenvalue weighted by atomic mass is 16.1. The van der Waals surface area contributed by atoms with E-state index in [9.17, 15) is 4.79 Å². The molecule has 4 N–H and O–H groups in total. The molecule has 1 amide bonds. The number of nitrogens with zero attached hydrogens (tertiary/aromatic N) is 1. The minimum atomic E-state index is 0.547. The van der Waals surface area contributed by atoms with Crippen molar-refractivity contribution in [1.82, 2.24) is 16.1 Å². The largest absolute Gasteiger partial charge is 0.326 e. The van der Waals surface area contributed by atoms with Crippen LogP contribution in [0.1, 0.15) is 6.42 Å². The number of nitrogens with one attached hydrogen (secondary N) is 2. The third kappa shape index (κ3) is 3.89. The molecule has 0 aliphatic rings. The quantitative estimate of drug-likeness (QED) is 0.240. The van der Waals surface area contributed by atoms with Gasteiger partial charge in [-0.25, -0.2) is 0 Å². The molecule has 0 aromatic heterocycles. The van der Waals surface area contributed by atoms with Gasteiger partial charge in [0.2, 0.25) is 0 Å². The van der Waals surface area contributed by atoms with Crippen LogP contribution in [0.15, 0.2) is 0 Å². The lowest BCUT2D eigenvalue weighted by Crippen LogP contribution is -2.51. The van der Waals surface area contributed by atoms with Crippen molar-refractivity contribution >= 4 is 6.41 Å². The summed E-state index contributed by atoms with van der Waals surface area (Å²) in [5, 5.41) is 1.28. The maximum Gasteiger partial charge on any atom is 0.326 e. The first kappa shape index (κ1) is 8.35. The van der Waals surface area contributed by atoms with Crippen LogP contribution in [0.2, 0.25) is 0 Å². The molecular formula is C4H10N4O. The van der Waals surface area contributed by atoms with E-state index in [2.05, 4.69) is 17.9 Å². The van der Waals surface area contributed by atoms with Gasteiger partial charge in [-0.15, -0.1) is 5.12 Å². The molecule has 0 spiro atoms. The molecule has 0 rings (SSSR count). The van der Waals surface area contributed by atoms with Gasteiger partial charge < -0.3 is 0 Å². The summed E-state index contributed by atoms with van der Waals surface area (Å²) in [6, 6.07) is 0. The molecular weight excluding hydrogens is 120 g/mol. The number of carbonyl (C=O) groups excluding carboxylic acids is 1. The Balaban J connectivity index is 3.28. The minimum absolute atomic E-state index is 0.547. The lowest BCUT2D eigenvalue weighted by molar-refractivity contribution is 0.153. The van der Waals surface area contributed by atoms with E-state index in [0.29, 0.717) is 13.0 Å². The van der Waals surface area contributed by atoms with Gasteiger partial charge in [-0.2, -0.15) is 5.53 Å². The van der Waals surface area contributed by atoms with E-state index in [4.69, 9.17) is 5.84 Å². The number of hydrazine groups is 3. The van der Waals surface area contributed by atoms with Crippen LogP contribution < -0.4 is 16.8 Å². The third-order valence-corrected chi connectivity index (χ3v) is 0.718. The Morgan fingerprint density at radius 3 is 2.78 bits per heavy atom. The molecule has 0 unspecified atom stereocenters. The Morgan fingerprint density at radius 1 is 1.78 bits per heavy atom. The highest BCUT2D eigenvalue weighted by Gasteiger charge is 1.95. The molecule has 0 atom stereocenters. The Labute approximate surface area is 54.1 Å². The van der Waals surface area contributed by atoms with Crippen molar-refractivity contribution in [2.75, 3.05) is 6.54 Å². The van der Waals surface area contributed by atoms with Gasteiger partial charge in [-0.3, -0.25) is 16.1 Å². The van der Waals surface area contributed by atoms with Crippen LogP contribution in [0.3, 0.4) is 0 Å². The van der Waals surface area contributed by atoms with Crippen LogP contribution in [0, 0.1) is 6.92 Å². The lowest BCUT2D eigenvalue weighted by atomic mass is 10.5. The van der Waals surface area contributed by atoms with Crippen molar-refractivity contribution in [3.8, 4) is 0 Å². The highest BCUT2D eigenvalue weighted by molar-refractivity contribution is 5.45. The van der Waals surface area contributed by atoms with E-state index in [1.54, 1.807) is 0 Å². The summed E-state index contributed by atoms with van der Waals surface area (Å²) in [5.74, 6) is 4.95. The normalized spacial score (nSPS) is 9.67. The molecule has 0 saturated heterocycles. The lowest BCUT2D eigenvalue weighted by Gasteiger charge is -2.16. The summed E-state index contributed by atoms with van der Waals surface area (Å²) in [7, 11) is 0. The monoisotopic (exact) mass is 130 g/mol. The van der Waals surface area contributed by atoms with Crippen molar-refractivity contribution in [2.24, 2.45) is 5.84 Å². The topological polar surface area (TPSA) is 70.4 Å². The Kier molecular flexibility index (Phi) is 5.09. The second-order valence-corrected chi connectivity index (χ2v) is 1.35. The molecule has 0 saturated carbocycles. The zero-order valence-electron chi connectivity index (χ0n) is 5.05. The Bertz CT molecular complexity index is 77.0. The van der Waals surface area contributed by atoms with E-state index in [0.717, 1.165) is 0 Å². The second-order valence-electron chi connectivity index (χ2n) is 1.35. The van der Waals surface area contributed by atoms with Crippen LogP contribution in [0.5, 0.6) is 0 Å². The van der Waals surface area contributed by atoms with Gasteiger partial charge in [-0.05, 0) is 6.42 Å². The van der Waals surface area contributed by atoms with E-state index >= 15 is 0 Å². The van der Waals surface area contributed by atoms with Crippen LogP contribution in [-0.2, 0) is 4.79 Å². The van der Waals surface area contributed by atoms with Crippen molar-refractivity contribution in [1.29, 1.82) is 0 Å². The van der Waals surface area contributed by atoms with E-state index in [1.165, 1.54) is 11.5 Å². The zero-order chi connectivity index (χ0) is 7.11. The van der Waals surface area contributed by atoms with Crippen LogP contribution in [-0.4, -0.2) is 18.1 Å². The fourth-order valence-electron chi connectivity index (χ4n) is 0.366. The van der Waals surface area contributed by atoms with Crippen molar-refractivity contribution in [2.45, 2.75) is 6.42 Å². The molecule has 0 aromatic rings. The van der Waals surface area contributed by atoms with Crippen LogP contribution in [0.4, 0.5) is 0 Å². The molecule has 2 radical (unpaired) electrons. The summed E-state index contributed by atoms with van der Waals surface area (Å²) in [5.41, 5.74) is 4.41. The SMILES string of the molecule is [CH2]CCN(NN)N[C]=O. The second kappa shape index (κ2) is 5.49. The van der Waals surface area contributed by atoms with Gasteiger partial charge in [0.05, 0.1) is 0 Å². The summed E-state index contributed by atoms with van der Waals surface area (Å²) >= 11 is 0. The smallest absolute Gasteiger partial charge is 0.266 e. The standard InChI is InChI=1S/C4H10N4O/c1-2-3-8(7-5)6-4-9/h7H,1-3,5H2,(H,6,9). The van der Waals surface area contributed by atoms with E-state index < -0.39 is 0 Å². The zero-order valence-corrected chi connectivity index (χ0v) is 5.05. The van der Waals surface area contributed by atoms with E-state index in [-0.39, 0.29) is 0 Å². The van der Waals surface area contributed by atoms with Gasteiger partial charge >= 0.3 is 6.41 Å². The average Bonchev–Trinajstić information content (AvgIpc) is 1.88. The maximum atomic E-state index is 9.66. The molecule has 5 heteroatoms. The predicted octanol–water partition coefficient (Wildman–Crippen LogP) is -1.54. The molecule has 0 aromatic carbocycles. The highest BCUT2D eigenvalue weighted by Crippen LogP contribution is 1.75. The summed E-state index contributed by atoms with van der Waals surface area (Å²) in [6.07, 6.45) is 2.11. The van der Waals surface area contributed by atoms with Crippen LogP contribution >= 0.6 is 0 Å². The molecule has 0 bridgehead atoms. The Hall–Kier alpha value is -0.650. The first-order valence-electron chi connectivity index (χ1n) is 2.51. The van der Waals surface area contributed by atoms with Gasteiger partial charge in [-0.1, -0.05) is 6.92 Å². The van der Waals surface area contributed by atoms with Crippen molar-refractivity contribution < 1.29 is 4.79 Å². The minimum Gasteiger partial charge on any atom is -0.266 e. The van der Waals surface area contributed by atoms with Crippen molar-refractivity contribution in [3.63, 3.8) is 0 Å². The van der Waals surface area contributed by atoms with Gasteiger partial charge in [0.15, 0.2) is 0 Å². The number of hydrogen-bond acceptors (Lipinski definition) is 4. The molecule has 52 valence electrons. The predicted molar refractivity (Wildman–Crippen MR) is 32.8 cm³/mol. The van der Waals surface area contributed by atoms with Crippen molar-refractivity contribution in [3.05, 3.63) is 6.92 Å². The fraction of sp³-hybridized carbons (Fsp3) is 0.500. The average molecular weight is 130 g/mol. The van der Waals surface area contributed by atoms with E-state index in [1.807, 2.05) is 0 Å². The van der Waals surface area contributed by atoms with Crippen LogP contribution in [0.25, 0.3) is 0 Å². The first-order valence-corrected chi connectivity index (χ1v) is 2.51. The molecule has 0 aliphatic heterocycles.